The van der Waals surface area contributed by atoms with Gasteiger partial charge in [-0.3, -0.25) is 0 Å². The van der Waals surface area contributed by atoms with Gasteiger partial charge in [-0.05, 0) is 36.7 Å². The topological polar surface area (TPSA) is 44.5 Å². The van der Waals surface area contributed by atoms with Crippen LogP contribution in [0.15, 0.2) is 30.3 Å². The van der Waals surface area contributed by atoms with Crippen molar-refractivity contribution >= 4 is 22.9 Å². The Morgan fingerprint density at radius 2 is 2.11 bits per heavy atom. The van der Waals surface area contributed by atoms with Gasteiger partial charge in [0.05, 0.1) is 11.4 Å². The lowest BCUT2D eigenvalue weighted by molar-refractivity contribution is 0.284. The fourth-order valence-corrected chi connectivity index (χ4v) is 2.81. The second-order valence-corrected chi connectivity index (χ2v) is 5.78. The average molecular weight is 298 g/mol. The molecule has 102 valence electrons. The van der Waals surface area contributed by atoms with Gasteiger partial charge in [0.1, 0.15) is 6.61 Å². The Labute approximate surface area is 121 Å². The monoisotopic (exact) mass is 297 g/mol. The summed E-state index contributed by atoms with van der Waals surface area (Å²) in [5, 5.41) is 0. The van der Waals surface area contributed by atoms with Gasteiger partial charge in [0, 0.05) is 4.88 Å². The van der Waals surface area contributed by atoms with E-state index in [1.165, 1.54) is 11.3 Å². The van der Waals surface area contributed by atoms with Crippen molar-refractivity contribution in [1.82, 2.24) is 0 Å². The predicted molar refractivity (Wildman–Crippen MR) is 79.4 cm³/mol. The van der Waals surface area contributed by atoms with Crippen LogP contribution in [-0.4, -0.2) is 13.7 Å². The Bertz CT molecular complexity index is 542. The van der Waals surface area contributed by atoms with Crippen LogP contribution in [0.25, 0.3) is 0 Å². The van der Waals surface area contributed by atoms with Crippen LogP contribution in [0.1, 0.15) is 10.4 Å². The highest BCUT2D eigenvalue weighted by Crippen LogP contribution is 2.33. The number of benzene rings is 1. The van der Waals surface area contributed by atoms with Gasteiger partial charge in [0.25, 0.3) is 0 Å². The van der Waals surface area contributed by atoms with Crippen molar-refractivity contribution in [3.8, 4) is 11.5 Å². The molecule has 1 aromatic carbocycles. The molecule has 0 saturated heterocycles. The summed E-state index contributed by atoms with van der Waals surface area (Å²) in [6, 6.07) is 9.67. The molecule has 0 spiro atoms. The van der Waals surface area contributed by atoms with Gasteiger partial charge in [-0.2, -0.15) is 0 Å². The number of thiophene rings is 1. The van der Waals surface area contributed by atoms with Crippen molar-refractivity contribution in [3.63, 3.8) is 0 Å². The third-order valence-corrected chi connectivity index (χ3v) is 3.89. The van der Waals surface area contributed by atoms with E-state index in [1.54, 1.807) is 7.11 Å². The average Bonchev–Trinajstić information content (AvgIpc) is 2.83. The molecule has 2 aromatic rings. The lowest BCUT2D eigenvalue weighted by Crippen LogP contribution is -2.06. The van der Waals surface area contributed by atoms with Crippen LogP contribution in [-0.2, 0) is 13.0 Å². The van der Waals surface area contributed by atoms with E-state index in [2.05, 4.69) is 0 Å². The molecular weight excluding hydrogens is 282 g/mol. The van der Waals surface area contributed by atoms with Gasteiger partial charge < -0.3 is 15.2 Å². The lowest BCUT2D eigenvalue weighted by atomic mass is 10.1. The van der Waals surface area contributed by atoms with Crippen molar-refractivity contribution in [2.24, 2.45) is 5.73 Å². The van der Waals surface area contributed by atoms with E-state index in [4.69, 9.17) is 26.8 Å². The first-order valence-electron chi connectivity index (χ1n) is 5.97. The summed E-state index contributed by atoms with van der Waals surface area (Å²) < 4.78 is 12.0. The second-order valence-electron chi connectivity index (χ2n) is 3.98. The Hall–Kier alpha value is -1.23. The maximum atomic E-state index is 5.90. The second kappa shape index (κ2) is 6.80. The highest BCUT2D eigenvalue weighted by Gasteiger charge is 2.10. The third kappa shape index (κ3) is 3.62. The molecule has 0 unspecified atom stereocenters. The molecule has 1 heterocycles. The molecule has 0 fully saturated rings. The molecule has 1 aromatic heterocycles. The van der Waals surface area contributed by atoms with E-state index in [0.29, 0.717) is 13.2 Å². The number of hydrogen-bond acceptors (Lipinski definition) is 4. The first-order valence-corrected chi connectivity index (χ1v) is 7.17. The number of para-hydroxylation sites is 1. The van der Waals surface area contributed by atoms with Gasteiger partial charge in [0.15, 0.2) is 11.5 Å². The van der Waals surface area contributed by atoms with Crippen LogP contribution in [0.4, 0.5) is 0 Å². The Morgan fingerprint density at radius 3 is 2.74 bits per heavy atom. The predicted octanol–water partition coefficient (Wildman–Crippen LogP) is 3.49. The van der Waals surface area contributed by atoms with Crippen molar-refractivity contribution in [3.05, 3.63) is 45.1 Å². The highest BCUT2D eigenvalue weighted by atomic mass is 35.5. The molecule has 0 aliphatic rings. The van der Waals surface area contributed by atoms with E-state index >= 15 is 0 Å². The Morgan fingerprint density at radius 1 is 1.26 bits per heavy atom. The van der Waals surface area contributed by atoms with Crippen LogP contribution in [0.2, 0.25) is 4.34 Å². The summed E-state index contributed by atoms with van der Waals surface area (Å²) in [6.07, 6.45) is 0.762. The lowest BCUT2D eigenvalue weighted by Gasteiger charge is -2.14. The summed E-state index contributed by atoms with van der Waals surface area (Å²) in [6.45, 7) is 1.06. The summed E-state index contributed by atoms with van der Waals surface area (Å²) in [5.41, 5.74) is 6.68. The number of methoxy groups -OCH3 is 1. The molecule has 0 aliphatic heterocycles. The number of hydrogen-bond donors (Lipinski definition) is 1. The Kier molecular flexibility index (Phi) is 5.07. The fourth-order valence-electron chi connectivity index (χ4n) is 1.81. The zero-order valence-corrected chi connectivity index (χ0v) is 12.3. The summed E-state index contributed by atoms with van der Waals surface area (Å²) in [5.74, 6) is 1.49. The minimum absolute atomic E-state index is 0.481. The van der Waals surface area contributed by atoms with Crippen LogP contribution < -0.4 is 15.2 Å². The van der Waals surface area contributed by atoms with E-state index in [1.807, 2.05) is 30.3 Å². The van der Waals surface area contributed by atoms with Crippen LogP contribution in [0.3, 0.4) is 0 Å². The fraction of sp³-hybridized carbons (Fsp3) is 0.286. The summed E-state index contributed by atoms with van der Waals surface area (Å²) in [7, 11) is 1.64. The smallest absolute Gasteiger partial charge is 0.164 e. The first-order chi connectivity index (χ1) is 9.24. The molecule has 5 heteroatoms. The number of nitrogens with two attached hydrogens (primary N) is 1. The maximum absolute atomic E-state index is 5.90. The molecule has 0 amide bonds. The SMILES string of the molecule is COc1cccc(CCN)c1OCc1ccc(Cl)s1. The van der Waals surface area contributed by atoms with E-state index in [0.717, 1.165) is 32.7 Å². The minimum Gasteiger partial charge on any atom is -0.493 e. The van der Waals surface area contributed by atoms with Crippen LogP contribution in [0.5, 0.6) is 11.5 Å². The summed E-state index contributed by atoms with van der Waals surface area (Å²) in [4.78, 5) is 1.08. The molecule has 0 saturated carbocycles. The minimum atomic E-state index is 0.481. The number of ether oxygens (including phenoxy) is 2. The van der Waals surface area contributed by atoms with E-state index in [9.17, 15) is 0 Å². The van der Waals surface area contributed by atoms with Crippen molar-refractivity contribution in [1.29, 1.82) is 0 Å². The highest BCUT2D eigenvalue weighted by molar-refractivity contribution is 7.16. The normalized spacial score (nSPS) is 10.5. The molecule has 3 nitrogen and oxygen atoms in total. The molecule has 19 heavy (non-hydrogen) atoms. The quantitative estimate of drug-likeness (QED) is 0.887. The van der Waals surface area contributed by atoms with Gasteiger partial charge in [0.2, 0.25) is 0 Å². The van der Waals surface area contributed by atoms with Crippen LogP contribution in [0, 0.1) is 0 Å². The molecular formula is C14H16ClNO2S. The summed E-state index contributed by atoms with van der Waals surface area (Å²) >= 11 is 7.42. The molecule has 2 rings (SSSR count). The number of rotatable bonds is 6. The van der Waals surface area contributed by atoms with Crippen molar-refractivity contribution in [2.45, 2.75) is 13.0 Å². The molecule has 0 bridgehead atoms. The standard InChI is InChI=1S/C14H16ClNO2S/c1-17-12-4-2-3-10(7-8-16)14(12)18-9-11-5-6-13(15)19-11/h2-6H,7-9,16H2,1H3. The maximum Gasteiger partial charge on any atom is 0.164 e. The zero-order valence-electron chi connectivity index (χ0n) is 10.7. The van der Waals surface area contributed by atoms with Gasteiger partial charge in [-0.25, -0.2) is 0 Å². The van der Waals surface area contributed by atoms with Crippen LogP contribution >= 0.6 is 22.9 Å². The first kappa shape index (κ1) is 14.2. The van der Waals surface area contributed by atoms with E-state index in [-0.39, 0.29) is 0 Å². The van der Waals surface area contributed by atoms with Gasteiger partial charge in [-0.1, -0.05) is 23.7 Å². The van der Waals surface area contributed by atoms with Gasteiger partial charge >= 0.3 is 0 Å². The van der Waals surface area contributed by atoms with Crippen molar-refractivity contribution in [2.75, 3.05) is 13.7 Å². The largest absolute Gasteiger partial charge is 0.493 e. The zero-order chi connectivity index (χ0) is 13.7. The molecule has 0 aliphatic carbocycles. The van der Waals surface area contributed by atoms with Gasteiger partial charge in [-0.15, -0.1) is 11.3 Å². The molecule has 0 atom stereocenters. The Balaban J connectivity index is 2.17. The van der Waals surface area contributed by atoms with Crippen molar-refractivity contribution < 1.29 is 9.47 Å². The molecule has 2 N–H and O–H groups in total. The number of halogens is 1. The van der Waals surface area contributed by atoms with E-state index < -0.39 is 0 Å². The molecule has 0 radical (unpaired) electrons. The third-order valence-electron chi connectivity index (χ3n) is 2.68.